The zero-order valence-electron chi connectivity index (χ0n) is 15.9. The van der Waals surface area contributed by atoms with Gasteiger partial charge in [-0.15, -0.1) is 29.6 Å². The van der Waals surface area contributed by atoms with E-state index < -0.39 is 11.5 Å². The fourth-order valence-electron chi connectivity index (χ4n) is 1.94. The van der Waals surface area contributed by atoms with Crippen molar-refractivity contribution in [2.45, 2.75) is 33.2 Å². The normalized spacial score (nSPS) is 13.1. The van der Waals surface area contributed by atoms with Crippen LogP contribution in [0, 0.1) is 5.41 Å². The first-order valence-electron chi connectivity index (χ1n) is 8.59. The first kappa shape index (κ1) is 23.7. The van der Waals surface area contributed by atoms with Crippen molar-refractivity contribution < 1.29 is 19.5 Å². The molecular formula is C19H28N2O4S2. The summed E-state index contributed by atoms with van der Waals surface area (Å²) in [4.78, 5) is 23.3. The Kier molecular flexibility index (Phi) is 10.7. The van der Waals surface area contributed by atoms with Crippen molar-refractivity contribution in [1.29, 1.82) is 0 Å². The second-order valence-corrected chi connectivity index (χ2v) is 8.35. The number of hydrogen-bond donors (Lipinski definition) is 3. The molecule has 0 heterocycles. The zero-order valence-corrected chi connectivity index (χ0v) is 17.6. The van der Waals surface area contributed by atoms with Gasteiger partial charge in [0.25, 0.3) is 0 Å². The van der Waals surface area contributed by atoms with Crippen LogP contribution in [-0.2, 0) is 20.7 Å². The molecule has 0 aliphatic rings. The Bertz CT molecular complexity index is 618. The SMILES string of the molecule is CC(C)(C)C(=O)OCSC/C=C\CN(O)NC(Cc1ccccc1)C(=O)S. The topological polar surface area (TPSA) is 78.9 Å². The van der Waals surface area contributed by atoms with Gasteiger partial charge >= 0.3 is 5.97 Å². The van der Waals surface area contributed by atoms with Crippen LogP contribution in [0.2, 0.25) is 0 Å². The van der Waals surface area contributed by atoms with E-state index in [0.717, 1.165) is 10.7 Å². The van der Waals surface area contributed by atoms with Crippen LogP contribution in [0.25, 0.3) is 0 Å². The molecule has 0 bridgehead atoms. The summed E-state index contributed by atoms with van der Waals surface area (Å²) in [6.07, 6.45) is 4.04. The Labute approximate surface area is 170 Å². The van der Waals surface area contributed by atoms with Gasteiger partial charge in [-0.3, -0.25) is 14.8 Å². The summed E-state index contributed by atoms with van der Waals surface area (Å²) in [6.45, 7) is 5.63. The number of carbonyl (C=O) groups is 2. The summed E-state index contributed by atoms with van der Waals surface area (Å²) in [5, 5.41) is 10.4. The molecule has 27 heavy (non-hydrogen) atoms. The minimum atomic E-state index is -0.625. The lowest BCUT2D eigenvalue weighted by Crippen LogP contribution is -2.46. The molecule has 8 heteroatoms. The lowest BCUT2D eigenvalue weighted by Gasteiger charge is -2.21. The summed E-state index contributed by atoms with van der Waals surface area (Å²) < 4.78 is 5.14. The molecule has 0 aromatic heterocycles. The van der Waals surface area contributed by atoms with E-state index >= 15 is 0 Å². The van der Waals surface area contributed by atoms with Gasteiger partial charge in [0, 0.05) is 5.75 Å². The molecule has 2 N–H and O–H groups in total. The molecule has 0 fully saturated rings. The maximum atomic E-state index is 11.7. The number of thioether (sulfide) groups is 1. The third kappa shape index (κ3) is 10.6. The van der Waals surface area contributed by atoms with Gasteiger partial charge in [-0.1, -0.05) is 42.5 Å². The highest BCUT2D eigenvalue weighted by Crippen LogP contribution is 2.16. The number of esters is 1. The molecule has 150 valence electrons. The molecule has 0 saturated carbocycles. The number of hydrazine groups is 1. The maximum Gasteiger partial charge on any atom is 0.312 e. The fourth-order valence-corrected chi connectivity index (χ4v) is 2.65. The van der Waals surface area contributed by atoms with E-state index in [0.29, 0.717) is 12.2 Å². The number of nitrogens with one attached hydrogen (secondary N) is 1. The Morgan fingerprint density at radius 2 is 1.96 bits per heavy atom. The lowest BCUT2D eigenvalue weighted by molar-refractivity contribution is -0.150. The Morgan fingerprint density at radius 3 is 2.56 bits per heavy atom. The van der Waals surface area contributed by atoms with Crippen LogP contribution >= 0.6 is 24.4 Å². The van der Waals surface area contributed by atoms with Gasteiger partial charge in [0.1, 0.15) is 5.94 Å². The molecular weight excluding hydrogens is 384 g/mol. The van der Waals surface area contributed by atoms with Crippen molar-refractivity contribution in [3.05, 3.63) is 48.0 Å². The monoisotopic (exact) mass is 412 g/mol. The molecule has 0 saturated heterocycles. The third-order valence-electron chi connectivity index (χ3n) is 3.43. The van der Waals surface area contributed by atoms with Gasteiger partial charge in [0.15, 0.2) is 0 Å². The van der Waals surface area contributed by atoms with Crippen molar-refractivity contribution >= 4 is 35.5 Å². The van der Waals surface area contributed by atoms with Crippen LogP contribution in [0.4, 0.5) is 0 Å². The zero-order chi connectivity index (χ0) is 20.3. The number of nitrogens with zero attached hydrogens (tertiary/aromatic N) is 1. The highest BCUT2D eigenvalue weighted by Gasteiger charge is 2.22. The van der Waals surface area contributed by atoms with Crippen LogP contribution in [0.15, 0.2) is 42.5 Å². The first-order chi connectivity index (χ1) is 12.7. The summed E-state index contributed by atoms with van der Waals surface area (Å²) >= 11 is 5.33. The Hall–Kier alpha value is -1.32. The molecule has 0 radical (unpaired) electrons. The maximum absolute atomic E-state index is 11.7. The number of rotatable bonds is 11. The van der Waals surface area contributed by atoms with Crippen LogP contribution in [0.1, 0.15) is 26.3 Å². The third-order valence-corrected chi connectivity index (χ3v) is 4.45. The molecule has 0 aliphatic heterocycles. The molecule has 1 rings (SSSR count). The van der Waals surface area contributed by atoms with Crippen molar-refractivity contribution in [3.8, 4) is 0 Å². The van der Waals surface area contributed by atoms with Gasteiger partial charge < -0.3 is 4.74 Å². The fraction of sp³-hybridized carbons (Fsp3) is 0.474. The molecule has 1 atom stereocenters. The Morgan fingerprint density at radius 1 is 1.30 bits per heavy atom. The van der Waals surface area contributed by atoms with Gasteiger partial charge in [-0.05, 0) is 32.8 Å². The highest BCUT2D eigenvalue weighted by atomic mass is 32.2. The number of thiol groups is 1. The number of carbonyl (C=O) groups excluding carboxylic acids is 2. The summed E-state index contributed by atoms with van der Waals surface area (Å²) in [7, 11) is 0. The van der Waals surface area contributed by atoms with Gasteiger partial charge in [-0.25, -0.2) is 5.43 Å². The van der Waals surface area contributed by atoms with E-state index in [1.54, 1.807) is 6.08 Å². The van der Waals surface area contributed by atoms with E-state index in [2.05, 4.69) is 18.1 Å². The molecule has 0 aliphatic carbocycles. The summed E-state index contributed by atoms with van der Waals surface area (Å²) in [5.74, 6) is 0.699. The lowest BCUT2D eigenvalue weighted by atomic mass is 9.98. The predicted octanol–water partition coefficient (Wildman–Crippen LogP) is 3.09. The summed E-state index contributed by atoms with van der Waals surface area (Å²) in [6, 6.07) is 8.89. The predicted molar refractivity (Wildman–Crippen MR) is 112 cm³/mol. The van der Waals surface area contributed by atoms with Gasteiger partial charge in [-0.2, -0.15) is 0 Å². The largest absolute Gasteiger partial charge is 0.454 e. The van der Waals surface area contributed by atoms with Crippen LogP contribution in [-0.4, -0.2) is 45.7 Å². The second-order valence-electron chi connectivity index (χ2n) is 6.93. The van der Waals surface area contributed by atoms with Gasteiger partial charge in [0.05, 0.1) is 18.0 Å². The molecule has 6 nitrogen and oxygen atoms in total. The quantitative estimate of drug-likeness (QED) is 0.129. The van der Waals surface area contributed by atoms with Crippen molar-refractivity contribution in [2.75, 3.05) is 18.2 Å². The van der Waals surface area contributed by atoms with Crippen molar-refractivity contribution in [3.63, 3.8) is 0 Å². The van der Waals surface area contributed by atoms with E-state index in [1.165, 1.54) is 11.8 Å². The van der Waals surface area contributed by atoms with Crippen LogP contribution in [0.5, 0.6) is 0 Å². The Balaban J connectivity index is 2.28. The highest BCUT2D eigenvalue weighted by molar-refractivity contribution is 7.99. The van der Waals surface area contributed by atoms with E-state index in [1.807, 2.05) is 57.2 Å². The molecule has 0 spiro atoms. The van der Waals surface area contributed by atoms with Crippen LogP contribution in [0.3, 0.4) is 0 Å². The number of hydrogen-bond acceptors (Lipinski definition) is 7. The second kappa shape index (κ2) is 12.2. The standard InChI is InChI=1S/C19H28N2O4S2/c1-19(2,3)18(23)25-14-27-12-8-7-11-21(24)20-16(17(22)26)13-15-9-5-4-6-10-15/h4-10,16,20,24H,11-14H2,1-3H3,(H,22,26)/b8-7-. The number of hydroxylamine groups is 1. The molecule has 1 unspecified atom stereocenters. The van der Waals surface area contributed by atoms with E-state index in [-0.39, 0.29) is 23.6 Å². The molecule has 1 aromatic carbocycles. The molecule has 1 aromatic rings. The average Bonchev–Trinajstić information content (AvgIpc) is 2.60. The number of ether oxygens (including phenoxy) is 1. The van der Waals surface area contributed by atoms with Crippen molar-refractivity contribution in [1.82, 2.24) is 10.6 Å². The smallest absolute Gasteiger partial charge is 0.312 e. The first-order valence-corrected chi connectivity index (χ1v) is 10.2. The van der Waals surface area contributed by atoms with Crippen molar-refractivity contribution in [2.24, 2.45) is 5.41 Å². The molecule has 0 amide bonds. The minimum absolute atomic E-state index is 0.203. The minimum Gasteiger partial charge on any atom is -0.454 e. The van der Waals surface area contributed by atoms with Crippen LogP contribution < -0.4 is 5.43 Å². The summed E-state index contributed by atoms with van der Waals surface area (Å²) in [5.41, 5.74) is 3.21. The average molecular weight is 413 g/mol. The van der Waals surface area contributed by atoms with Gasteiger partial charge in [0.2, 0.25) is 5.12 Å². The van der Waals surface area contributed by atoms with E-state index in [4.69, 9.17) is 4.74 Å². The van der Waals surface area contributed by atoms with E-state index in [9.17, 15) is 14.8 Å². The number of benzene rings is 1.